The fourth-order valence-electron chi connectivity index (χ4n) is 1.76. The summed E-state index contributed by atoms with van der Waals surface area (Å²) >= 11 is 1.84. The number of allylic oxidation sites excluding steroid dienone is 1. The molecule has 0 amide bonds. The van der Waals surface area contributed by atoms with Gasteiger partial charge in [-0.25, -0.2) is 4.98 Å². The highest BCUT2D eigenvalue weighted by Gasteiger charge is 2.05. The molecular formula is C14H17NS. The van der Waals surface area contributed by atoms with Crippen LogP contribution in [0.5, 0.6) is 0 Å². The molecule has 0 N–H and O–H groups in total. The van der Waals surface area contributed by atoms with Crippen LogP contribution in [0.2, 0.25) is 0 Å². The molecule has 1 aromatic heterocycles. The lowest BCUT2D eigenvalue weighted by Crippen LogP contribution is -1.81. The van der Waals surface area contributed by atoms with E-state index in [0.717, 1.165) is 11.9 Å². The average molecular weight is 231 g/mol. The Hall–Kier alpha value is -1.15. The molecular weight excluding hydrogens is 214 g/mol. The van der Waals surface area contributed by atoms with Crippen molar-refractivity contribution in [3.8, 4) is 0 Å². The van der Waals surface area contributed by atoms with Crippen LogP contribution in [-0.2, 0) is 6.42 Å². The summed E-state index contributed by atoms with van der Waals surface area (Å²) < 4.78 is 1.33. The maximum Gasteiger partial charge on any atom is 0.0938 e. The van der Waals surface area contributed by atoms with Crippen molar-refractivity contribution >= 4 is 27.6 Å². The van der Waals surface area contributed by atoms with Gasteiger partial charge in [-0.15, -0.1) is 11.3 Å². The Morgan fingerprint density at radius 2 is 2.25 bits per heavy atom. The molecule has 0 aliphatic rings. The topological polar surface area (TPSA) is 12.9 Å². The molecule has 2 rings (SSSR count). The molecule has 0 aliphatic heterocycles. The summed E-state index contributed by atoms with van der Waals surface area (Å²) in [5, 5.41) is 1.27. The number of fused-ring (bicyclic) bond motifs is 1. The summed E-state index contributed by atoms with van der Waals surface area (Å²) in [6.45, 7) is 4.27. The van der Waals surface area contributed by atoms with Crippen molar-refractivity contribution in [2.45, 2.75) is 33.1 Å². The molecule has 0 spiro atoms. The minimum Gasteiger partial charge on any atom is -0.241 e. The van der Waals surface area contributed by atoms with Gasteiger partial charge in [-0.3, -0.25) is 0 Å². The van der Waals surface area contributed by atoms with Gasteiger partial charge in [-0.1, -0.05) is 37.6 Å². The normalized spacial score (nSPS) is 11.6. The Morgan fingerprint density at radius 3 is 3.00 bits per heavy atom. The number of aromatic nitrogens is 1. The number of hydrogen-bond donors (Lipinski definition) is 0. The van der Waals surface area contributed by atoms with Crippen LogP contribution in [0.1, 0.15) is 37.3 Å². The van der Waals surface area contributed by atoms with Crippen molar-refractivity contribution in [1.29, 1.82) is 0 Å². The standard InChI is InChI=1S/C14H17NS/c1-3-5-10-13-15-12-9-6-8-11(7-4-2)14(12)16-13/h4,6-9H,3,5,10H2,1-2H3. The molecule has 0 aliphatic carbocycles. The largest absolute Gasteiger partial charge is 0.241 e. The fraction of sp³-hybridized carbons (Fsp3) is 0.357. The Kier molecular flexibility index (Phi) is 3.73. The number of rotatable bonds is 4. The summed E-state index contributed by atoms with van der Waals surface area (Å²) in [5.41, 5.74) is 2.44. The molecule has 0 radical (unpaired) electrons. The second kappa shape index (κ2) is 5.26. The molecule has 1 aromatic carbocycles. The number of hydrogen-bond acceptors (Lipinski definition) is 2. The summed E-state index contributed by atoms with van der Waals surface area (Å²) in [7, 11) is 0. The van der Waals surface area contributed by atoms with E-state index in [1.807, 2.05) is 11.3 Å². The van der Waals surface area contributed by atoms with Crippen LogP contribution in [0, 0.1) is 0 Å². The zero-order valence-corrected chi connectivity index (χ0v) is 10.7. The smallest absolute Gasteiger partial charge is 0.0938 e. The van der Waals surface area contributed by atoms with Gasteiger partial charge in [0.15, 0.2) is 0 Å². The highest BCUT2D eigenvalue weighted by atomic mass is 32.1. The van der Waals surface area contributed by atoms with Gasteiger partial charge in [0.2, 0.25) is 0 Å². The van der Waals surface area contributed by atoms with E-state index in [0.29, 0.717) is 0 Å². The van der Waals surface area contributed by atoms with E-state index in [4.69, 9.17) is 0 Å². The predicted octanol–water partition coefficient (Wildman–Crippen LogP) is 4.67. The Labute approximate surface area is 101 Å². The summed E-state index contributed by atoms with van der Waals surface area (Å²) in [6.07, 6.45) is 7.83. The van der Waals surface area contributed by atoms with Crippen molar-refractivity contribution in [2.75, 3.05) is 0 Å². The number of aryl methyl sites for hydroxylation is 1. The lowest BCUT2D eigenvalue weighted by atomic mass is 10.2. The molecule has 0 unspecified atom stereocenters. The molecule has 0 bridgehead atoms. The lowest BCUT2D eigenvalue weighted by molar-refractivity contribution is 0.791. The quantitative estimate of drug-likeness (QED) is 0.745. The first-order valence-electron chi connectivity index (χ1n) is 5.86. The average Bonchev–Trinajstić information content (AvgIpc) is 2.70. The molecule has 1 nitrogen and oxygen atoms in total. The maximum absolute atomic E-state index is 4.68. The minimum atomic E-state index is 1.12. The number of thiazole rings is 1. The van der Waals surface area contributed by atoms with Crippen LogP contribution in [0.25, 0.3) is 16.3 Å². The van der Waals surface area contributed by atoms with Crippen molar-refractivity contribution in [3.63, 3.8) is 0 Å². The zero-order chi connectivity index (χ0) is 11.4. The highest BCUT2D eigenvalue weighted by molar-refractivity contribution is 7.18. The monoisotopic (exact) mass is 231 g/mol. The van der Waals surface area contributed by atoms with E-state index < -0.39 is 0 Å². The van der Waals surface area contributed by atoms with Crippen LogP contribution in [0.15, 0.2) is 24.3 Å². The third kappa shape index (κ3) is 2.33. The van der Waals surface area contributed by atoms with Gasteiger partial charge in [0.05, 0.1) is 15.2 Å². The van der Waals surface area contributed by atoms with Crippen molar-refractivity contribution in [1.82, 2.24) is 4.98 Å². The third-order valence-corrected chi connectivity index (χ3v) is 3.76. The van der Waals surface area contributed by atoms with Crippen LogP contribution in [0.4, 0.5) is 0 Å². The predicted molar refractivity (Wildman–Crippen MR) is 72.9 cm³/mol. The van der Waals surface area contributed by atoms with Crippen molar-refractivity contribution in [2.24, 2.45) is 0 Å². The Bertz CT molecular complexity index is 496. The van der Waals surface area contributed by atoms with Crippen LogP contribution in [-0.4, -0.2) is 4.98 Å². The van der Waals surface area contributed by atoms with E-state index in [1.54, 1.807) is 0 Å². The molecule has 1 heterocycles. The fourth-order valence-corrected chi connectivity index (χ4v) is 2.86. The highest BCUT2D eigenvalue weighted by Crippen LogP contribution is 2.27. The number of benzene rings is 1. The van der Waals surface area contributed by atoms with Gasteiger partial charge in [-0.2, -0.15) is 0 Å². The second-order valence-corrected chi connectivity index (χ2v) is 4.99. The van der Waals surface area contributed by atoms with Crippen molar-refractivity contribution < 1.29 is 0 Å². The maximum atomic E-state index is 4.68. The van der Waals surface area contributed by atoms with Gasteiger partial charge in [0.25, 0.3) is 0 Å². The van der Waals surface area contributed by atoms with Gasteiger partial charge >= 0.3 is 0 Å². The van der Waals surface area contributed by atoms with Crippen LogP contribution < -0.4 is 0 Å². The summed E-state index contributed by atoms with van der Waals surface area (Å²) in [4.78, 5) is 4.68. The Balaban J connectivity index is 2.40. The SMILES string of the molecule is CC=Cc1cccc2nc(CCCC)sc12. The van der Waals surface area contributed by atoms with E-state index in [1.165, 1.54) is 28.1 Å². The van der Waals surface area contributed by atoms with E-state index in [2.05, 4.69) is 49.2 Å². The molecule has 16 heavy (non-hydrogen) atoms. The van der Waals surface area contributed by atoms with E-state index in [9.17, 15) is 0 Å². The number of unbranched alkanes of at least 4 members (excludes halogenated alkanes) is 1. The molecule has 0 atom stereocenters. The van der Waals surface area contributed by atoms with Gasteiger partial charge < -0.3 is 0 Å². The first kappa shape index (κ1) is 11.3. The Morgan fingerprint density at radius 1 is 1.38 bits per heavy atom. The lowest BCUT2D eigenvalue weighted by Gasteiger charge is -1.93. The zero-order valence-electron chi connectivity index (χ0n) is 9.86. The molecule has 2 heteroatoms. The van der Waals surface area contributed by atoms with Crippen molar-refractivity contribution in [3.05, 3.63) is 34.8 Å². The van der Waals surface area contributed by atoms with Gasteiger partial charge in [0.1, 0.15) is 0 Å². The first-order chi connectivity index (χ1) is 7.85. The molecule has 0 saturated carbocycles. The minimum absolute atomic E-state index is 1.12. The van der Waals surface area contributed by atoms with Crippen LogP contribution in [0.3, 0.4) is 0 Å². The molecule has 0 saturated heterocycles. The molecule has 2 aromatic rings. The second-order valence-electron chi connectivity index (χ2n) is 3.91. The van der Waals surface area contributed by atoms with Crippen LogP contribution >= 0.6 is 11.3 Å². The third-order valence-electron chi connectivity index (χ3n) is 2.58. The van der Waals surface area contributed by atoms with Gasteiger partial charge in [-0.05, 0) is 31.4 Å². The first-order valence-corrected chi connectivity index (χ1v) is 6.68. The molecule has 0 fully saturated rings. The molecule has 84 valence electrons. The summed E-state index contributed by atoms with van der Waals surface area (Å²) in [6, 6.07) is 6.35. The van der Waals surface area contributed by atoms with Gasteiger partial charge in [0, 0.05) is 0 Å². The van der Waals surface area contributed by atoms with E-state index in [-0.39, 0.29) is 0 Å². The number of nitrogens with zero attached hydrogens (tertiary/aromatic N) is 1. The summed E-state index contributed by atoms with van der Waals surface area (Å²) in [5.74, 6) is 0. The van der Waals surface area contributed by atoms with E-state index >= 15 is 0 Å².